The minimum Gasteiger partial charge on any atom is -0.349 e. The second-order valence-corrected chi connectivity index (χ2v) is 6.95. The Balaban J connectivity index is 1.61. The van der Waals surface area contributed by atoms with E-state index in [0.717, 1.165) is 16.2 Å². The molecule has 1 amide bonds. The zero-order valence-electron chi connectivity index (χ0n) is 14.1. The standard InChI is InChI=1S/C19H21N3OS/c1-13-8-9-15(10-20-13)14(2)21-19(23)12-24-18-11-22(3)17-7-5-4-6-16(17)18/h4-11,14H,12H2,1-3H3,(H,21,23)/t14-/m1/s1. The van der Waals surface area contributed by atoms with Crippen LogP contribution >= 0.6 is 11.8 Å². The molecule has 3 aromatic rings. The minimum absolute atomic E-state index is 0.0287. The van der Waals surface area contributed by atoms with Crippen molar-refractivity contribution >= 4 is 28.6 Å². The molecule has 0 aliphatic heterocycles. The first-order valence-corrected chi connectivity index (χ1v) is 8.92. The molecule has 0 bridgehead atoms. The Kier molecular flexibility index (Phi) is 4.90. The SMILES string of the molecule is Cc1ccc([C@@H](C)NC(=O)CSc2cn(C)c3ccccc23)cn1. The smallest absolute Gasteiger partial charge is 0.230 e. The quantitative estimate of drug-likeness (QED) is 0.718. The third-order valence-electron chi connectivity index (χ3n) is 4.03. The van der Waals surface area contributed by atoms with E-state index in [1.165, 1.54) is 10.9 Å². The van der Waals surface area contributed by atoms with Crippen molar-refractivity contribution in [2.45, 2.75) is 24.8 Å². The highest BCUT2D eigenvalue weighted by Gasteiger charge is 2.12. The van der Waals surface area contributed by atoms with Crippen LogP contribution in [0.15, 0.2) is 53.7 Å². The highest BCUT2D eigenvalue weighted by atomic mass is 32.2. The van der Waals surface area contributed by atoms with E-state index in [2.05, 4.69) is 33.2 Å². The number of benzene rings is 1. The summed E-state index contributed by atoms with van der Waals surface area (Å²) in [5.41, 5.74) is 3.17. The molecule has 3 rings (SSSR count). The number of carbonyl (C=O) groups is 1. The van der Waals surface area contributed by atoms with E-state index in [9.17, 15) is 4.79 Å². The number of aryl methyl sites for hydroxylation is 2. The lowest BCUT2D eigenvalue weighted by atomic mass is 10.1. The van der Waals surface area contributed by atoms with E-state index in [-0.39, 0.29) is 11.9 Å². The van der Waals surface area contributed by atoms with Gasteiger partial charge in [-0.3, -0.25) is 9.78 Å². The van der Waals surface area contributed by atoms with Gasteiger partial charge in [-0.25, -0.2) is 0 Å². The van der Waals surface area contributed by atoms with Gasteiger partial charge in [0, 0.05) is 40.9 Å². The van der Waals surface area contributed by atoms with Gasteiger partial charge < -0.3 is 9.88 Å². The predicted molar refractivity (Wildman–Crippen MR) is 99.2 cm³/mol. The van der Waals surface area contributed by atoms with Gasteiger partial charge in [0.1, 0.15) is 0 Å². The maximum Gasteiger partial charge on any atom is 0.230 e. The number of fused-ring (bicyclic) bond motifs is 1. The van der Waals surface area contributed by atoms with Crippen LogP contribution in [0.5, 0.6) is 0 Å². The average molecular weight is 339 g/mol. The Morgan fingerprint density at radius 2 is 2.08 bits per heavy atom. The summed E-state index contributed by atoms with van der Waals surface area (Å²) in [6.45, 7) is 3.93. The summed E-state index contributed by atoms with van der Waals surface area (Å²) in [7, 11) is 2.03. The summed E-state index contributed by atoms with van der Waals surface area (Å²) < 4.78 is 2.09. The van der Waals surface area contributed by atoms with Gasteiger partial charge in [-0.15, -0.1) is 11.8 Å². The lowest BCUT2D eigenvalue weighted by Crippen LogP contribution is -2.28. The summed E-state index contributed by atoms with van der Waals surface area (Å²) in [6, 6.07) is 12.2. The number of amides is 1. The van der Waals surface area contributed by atoms with Crippen molar-refractivity contribution < 1.29 is 4.79 Å². The topological polar surface area (TPSA) is 46.9 Å². The van der Waals surface area contributed by atoms with Crippen LogP contribution in [0.1, 0.15) is 24.2 Å². The third-order valence-corrected chi connectivity index (χ3v) is 5.07. The minimum atomic E-state index is -0.0429. The second kappa shape index (κ2) is 7.09. The van der Waals surface area contributed by atoms with E-state index in [1.807, 2.05) is 51.4 Å². The maximum absolute atomic E-state index is 12.3. The van der Waals surface area contributed by atoms with E-state index < -0.39 is 0 Å². The molecular formula is C19H21N3OS. The van der Waals surface area contributed by atoms with Crippen molar-refractivity contribution in [2.24, 2.45) is 7.05 Å². The Morgan fingerprint density at radius 1 is 1.29 bits per heavy atom. The second-order valence-electron chi connectivity index (χ2n) is 5.93. The van der Waals surface area contributed by atoms with Gasteiger partial charge in [0.2, 0.25) is 5.91 Å². The van der Waals surface area contributed by atoms with Gasteiger partial charge in [0.25, 0.3) is 0 Å². The molecular weight excluding hydrogens is 318 g/mol. The molecule has 0 fully saturated rings. The lowest BCUT2D eigenvalue weighted by Gasteiger charge is -2.14. The summed E-state index contributed by atoms with van der Waals surface area (Å²) in [5, 5.41) is 4.22. The molecule has 4 nitrogen and oxygen atoms in total. The Bertz CT molecular complexity index is 855. The number of hydrogen-bond acceptors (Lipinski definition) is 3. The van der Waals surface area contributed by atoms with Crippen LogP contribution in [0.25, 0.3) is 10.9 Å². The van der Waals surface area contributed by atoms with Crippen molar-refractivity contribution in [3.05, 3.63) is 60.0 Å². The van der Waals surface area contributed by atoms with Crippen LogP contribution in [-0.2, 0) is 11.8 Å². The number of pyridine rings is 1. The van der Waals surface area contributed by atoms with Crippen LogP contribution in [0.2, 0.25) is 0 Å². The molecule has 0 saturated heterocycles. The molecule has 0 spiro atoms. The van der Waals surface area contributed by atoms with E-state index in [1.54, 1.807) is 11.8 Å². The van der Waals surface area contributed by atoms with Crippen LogP contribution < -0.4 is 5.32 Å². The average Bonchev–Trinajstić information content (AvgIpc) is 2.90. The zero-order chi connectivity index (χ0) is 17.1. The lowest BCUT2D eigenvalue weighted by molar-refractivity contribution is -0.119. The number of thioether (sulfide) groups is 1. The molecule has 0 radical (unpaired) electrons. The molecule has 1 N–H and O–H groups in total. The molecule has 1 atom stereocenters. The summed E-state index contributed by atoms with van der Waals surface area (Å²) in [6.07, 6.45) is 3.90. The largest absolute Gasteiger partial charge is 0.349 e. The first kappa shape index (κ1) is 16.6. The van der Waals surface area contributed by atoms with Crippen molar-refractivity contribution in [1.29, 1.82) is 0 Å². The first-order valence-electron chi connectivity index (χ1n) is 7.93. The molecule has 2 heterocycles. The van der Waals surface area contributed by atoms with Gasteiger partial charge in [-0.05, 0) is 31.5 Å². The highest BCUT2D eigenvalue weighted by molar-refractivity contribution is 8.00. The van der Waals surface area contributed by atoms with Gasteiger partial charge in [0.05, 0.1) is 11.8 Å². The molecule has 2 aromatic heterocycles. The van der Waals surface area contributed by atoms with E-state index in [4.69, 9.17) is 0 Å². The van der Waals surface area contributed by atoms with Crippen LogP contribution in [-0.4, -0.2) is 21.2 Å². The molecule has 0 unspecified atom stereocenters. The number of nitrogens with one attached hydrogen (secondary N) is 1. The van der Waals surface area contributed by atoms with Gasteiger partial charge in [-0.1, -0.05) is 24.3 Å². The normalized spacial score (nSPS) is 12.3. The Morgan fingerprint density at radius 3 is 2.83 bits per heavy atom. The van der Waals surface area contributed by atoms with Gasteiger partial charge in [0.15, 0.2) is 0 Å². The Labute approximate surface area is 146 Å². The molecule has 5 heteroatoms. The first-order chi connectivity index (χ1) is 11.5. The van der Waals surface area contributed by atoms with E-state index >= 15 is 0 Å². The zero-order valence-corrected chi connectivity index (χ0v) is 14.9. The fourth-order valence-corrected chi connectivity index (χ4v) is 3.60. The van der Waals surface area contributed by atoms with Gasteiger partial charge >= 0.3 is 0 Å². The highest BCUT2D eigenvalue weighted by Crippen LogP contribution is 2.29. The van der Waals surface area contributed by atoms with Crippen LogP contribution in [0.3, 0.4) is 0 Å². The molecule has 1 aromatic carbocycles. The number of rotatable bonds is 5. The number of carbonyl (C=O) groups excluding carboxylic acids is 1. The maximum atomic E-state index is 12.3. The van der Waals surface area contributed by atoms with Crippen LogP contribution in [0, 0.1) is 6.92 Å². The van der Waals surface area contributed by atoms with Gasteiger partial charge in [-0.2, -0.15) is 0 Å². The fourth-order valence-electron chi connectivity index (χ4n) is 2.66. The van der Waals surface area contributed by atoms with Crippen molar-refractivity contribution in [3.8, 4) is 0 Å². The number of para-hydroxylation sites is 1. The van der Waals surface area contributed by atoms with Crippen molar-refractivity contribution in [1.82, 2.24) is 14.9 Å². The Hall–Kier alpha value is -2.27. The number of nitrogens with zero attached hydrogens (tertiary/aromatic N) is 2. The molecule has 0 aliphatic rings. The molecule has 0 saturated carbocycles. The molecule has 0 aliphatic carbocycles. The van der Waals surface area contributed by atoms with E-state index in [0.29, 0.717) is 5.75 Å². The summed E-state index contributed by atoms with van der Waals surface area (Å²) >= 11 is 1.57. The third kappa shape index (κ3) is 3.62. The van der Waals surface area contributed by atoms with Crippen molar-refractivity contribution in [3.63, 3.8) is 0 Å². The number of aromatic nitrogens is 2. The van der Waals surface area contributed by atoms with Crippen LogP contribution in [0.4, 0.5) is 0 Å². The summed E-state index contributed by atoms with van der Waals surface area (Å²) in [5.74, 6) is 0.429. The van der Waals surface area contributed by atoms with Crippen molar-refractivity contribution in [2.75, 3.05) is 5.75 Å². The summed E-state index contributed by atoms with van der Waals surface area (Å²) in [4.78, 5) is 17.7. The molecule has 124 valence electrons. The predicted octanol–water partition coefficient (Wildman–Crippen LogP) is 3.85. The number of hydrogen-bond donors (Lipinski definition) is 1. The monoisotopic (exact) mass is 339 g/mol. The molecule has 24 heavy (non-hydrogen) atoms. The fraction of sp³-hybridized carbons (Fsp3) is 0.263.